The zero-order chi connectivity index (χ0) is 14.3. The van der Waals surface area contributed by atoms with Crippen LogP contribution in [-0.2, 0) is 0 Å². The molecule has 0 heterocycles. The Hall–Kier alpha value is -0.343. The summed E-state index contributed by atoms with van der Waals surface area (Å²) < 4.78 is 0. The highest BCUT2D eigenvalue weighted by atomic mass is 28.3. The second kappa shape index (κ2) is 4.97. The minimum Gasteiger partial charge on any atom is -0.333 e. The van der Waals surface area contributed by atoms with Crippen LogP contribution < -0.4 is 4.98 Å². The average molecular weight is 266 g/mol. The van der Waals surface area contributed by atoms with Crippen LogP contribution in [0.25, 0.3) is 0 Å². The Morgan fingerprint density at radius 3 is 1.67 bits per heavy atom. The van der Waals surface area contributed by atoms with Crippen molar-refractivity contribution >= 4 is 8.24 Å². The highest BCUT2D eigenvalue weighted by Gasteiger charge is 2.33. The minimum atomic E-state index is -1.36. The van der Waals surface area contributed by atoms with Gasteiger partial charge in [0.05, 0.1) is 0 Å². The summed E-state index contributed by atoms with van der Waals surface area (Å²) in [6.45, 7) is 20.9. The molecule has 0 fully saturated rings. The first-order valence-corrected chi connectivity index (χ1v) is 10.3. The van der Waals surface area contributed by atoms with Gasteiger partial charge in [-0.2, -0.15) is 0 Å². The first-order chi connectivity index (χ1) is 7.94. The highest BCUT2D eigenvalue weighted by molar-refractivity contribution is 6.75. The summed E-state index contributed by atoms with van der Waals surface area (Å²) >= 11 is 0. The molecule has 1 aliphatic rings. The van der Waals surface area contributed by atoms with E-state index in [4.69, 9.17) is 0 Å². The number of rotatable bonds is 3. The van der Waals surface area contributed by atoms with E-state index in [0.29, 0.717) is 5.92 Å². The predicted octanol–water partition coefficient (Wildman–Crippen LogP) is 4.88. The fraction of sp³-hybridized carbons (Fsp3) is 0.750. The molecule has 0 radical (unpaired) electrons. The molecule has 2 heteroatoms. The molecule has 0 amide bonds. The number of nitrogens with one attached hydrogen (secondary N) is 1. The van der Waals surface area contributed by atoms with Crippen molar-refractivity contribution in [1.29, 1.82) is 0 Å². The Kier molecular flexibility index (Phi) is 4.34. The lowest BCUT2D eigenvalue weighted by Gasteiger charge is -2.35. The summed E-state index contributed by atoms with van der Waals surface area (Å²) in [5, 5.41) is 0. The van der Waals surface area contributed by atoms with E-state index in [0.717, 1.165) is 0 Å². The third-order valence-corrected chi connectivity index (χ3v) is 7.07. The lowest BCUT2D eigenvalue weighted by Crippen LogP contribution is -2.55. The maximum absolute atomic E-state index is 3.89. The number of hydrogen-bond donors (Lipinski definition) is 1. The van der Waals surface area contributed by atoms with E-state index in [-0.39, 0.29) is 5.54 Å². The van der Waals surface area contributed by atoms with Crippen molar-refractivity contribution in [2.75, 3.05) is 0 Å². The summed E-state index contributed by atoms with van der Waals surface area (Å²) in [4.78, 5) is 3.89. The smallest absolute Gasteiger partial charge is 0.120 e. The van der Waals surface area contributed by atoms with E-state index >= 15 is 0 Å². The molecule has 1 rings (SSSR count). The fourth-order valence-electron chi connectivity index (χ4n) is 3.32. The molecule has 0 aliphatic heterocycles. The molecule has 104 valence electrons. The standard InChI is InChI=1S/C16H31NSi/c1-11-12(2)14(4)15(13(11)3)10-18(8,9)17-16(5,6)7/h15,17H,10H2,1-9H3. The summed E-state index contributed by atoms with van der Waals surface area (Å²) in [5.74, 6) is 0.682. The molecule has 1 N–H and O–H groups in total. The zero-order valence-electron chi connectivity index (χ0n) is 13.8. The average Bonchev–Trinajstić information content (AvgIpc) is 2.32. The van der Waals surface area contributed by atoms with Gasteiger partial charge in [-0.05, 0) is 65.7 Å². The van der Waals surface area contributed by atoms with Crippen LogP contribution in [0.15, 0.2) is 22.3 Å². The molecule has 1 aliphatic carbocycles. The molecule has 0 saturated heterocycles. The first kappa shape index (κ1) is 15.7. The van der Waals surface area contributed by atoms with Gasteiger partial charge in [-0.1, -0.05) is 24.2 Å². The monoisotopic (exact) mass is 265 g/mol. The van der Waals surface area contributed by atoms with Crippen molar-refractivity contribution in [1.82, 2.24) is 4.98 Å². The van der Waals surface area contributed by atoms with E-state index in [1.54, 1.807) is 11.1 Å². The van der Waals surface area contributed by atoms with Crippen molar-refractivity contribution in [3.8, 4) is 0 Å². The molecule has 0 aromatic heterocycles. The summed E-state index contributed by atoms with van der Waals surface area (Å²) in [6, 6.07) is 1.32. The van der Waals surface area contributed by atoms with Gasteiger partial charge < -0.3 is 4.98 Å². The zero-order valence-corrected chi connectivity index (χ0v) is 14.8. The van der Waals surface area contributed by atoms with Crippen molar-refractivity contribution < 1.29 is 0 Å². The number of allylic oxidation sites excluding steroid dienone is 4. The molecular weight excluding hydrogens is 234 g/mol. The third kappa shape index (κ3) is 3.58. The van der Waals surface area contributed by atoms with Gasteiger partial charge in [0.25, 0.3) is 0 Å². The quantitative estimate of drug-likeness (QED) is 0.717. The van der Waals surface area contributed by atoms with Gasteiger partial charge in [-0.15, -0.1) is 0 Å². The van der Waals surface area contributed by atoms with Crippen LogP contribution in [0.4, 0.5) is 0 Å². The summed E-state index contributed by atoms with van der Waals surface area (Å²) in [5.41, 5.74) is 6.48. The van der Waals surface area contributed by atoms with E-state index in [1.165, 1.54) is 17.2 Å². The fourth-order valence-corrected chi connectivity index (χ4v) is 7.09. The van der Waals surface area contributed by atoms with Gasteiger partial charge in [-0.25, -0.2) is 0 Å². The van der Waals surface area contributed by atoms with Gasteiger partial charge in [0, 0.05) is 11.5 Å². The van der Waals surface area contributed by atoms with Gasteiger partial charge in [-0.3, -0.25) is 0 Å². The molecule has 0 spiro atoms. The van der Waals surface area contributed by atoms with E-state index in [9.17, 15) is 0 Å². The SMILES string of the molecule is CC1=C(C)C(C[Si](C)(C)NC(C)(C)C)C(C)=C1C. The Morgan fingerprint density at radius 1 is 0.944 bits per heavy atom. The van der Waals surface area contributed by atoms with Gasteiger partial charge >= 0.3 is 0 Å². The van der Waals surface area contributed by atoms with Crippen LogP contribution in [0.2, 0.25) is 19.1 Å². The molecule has 0 bridgehead atoms. The van der Waals surface area contributed by atoms with E-state index < -0.39 is 8.24 Å². The van der Waals surface area contributed by atoms with E-state index in [2.05, 4.69) is 66.5 Å². The first-order valence-electron chi connectivity index (χ1n) is 7.09. The molecule has 0 aromatic rings. The largest absolute Gasteiger partial charge is 0.333 e. The molecule has 18 heavy (non-hydrogen) atoms. The summed E-state index contributed by atoms with van der Waals surface area (Å²) in [7, 11) is -1.36. The Morgan fingerprint density at radius 2 is 1.33 bits per heavy atom. The van der Waals surface area contributed by atoms with Crippen molar-refractivity contribution in [3.05, 3.63) is 22.3 Å². The second-order valence-corrected chi connectivity index (χ2v) is 12.1. The van der Waals surface area contributed by atoms with Crippen LogP contribution in [-0.4, -0.2) is 13.8 Å². The lowest BCUT2D eigenvalue weighted by molar-refractivity contribution is 0.508. The minimum absolute atomic E-state index is 0.230. The van der Waals surface area contributed by atoms with Gasteiger partial charge in [0.15, 0.2) is 0 Å². The van der Waals surface area contributed by atoms with E-state index in [1.807, 2.05) is 0 Å². The number of hydrogen-bond acceptors (Lipinski definition) is 1. The van der Waals surface area contributed by atoms with Crippen LogP contribution in [0.3, 0.4) is 0 Å². The molecule has 0 unspecified atom stereocenters. The molecule has 0 aromatic carbocycles. The molecule has 0 atom stereocenters. The van der Waals surface area contributed by atoms with Gasteiger partial charge in [0.2, 0.25) is 0 Å². The van der Waals surface area contributed by atoms with Crippen LogP contribution in [0.5, 0.6) is 0 Å². The van der Waals surface area contributed by atoms with Gasteiger partial charge in [0.1, 0.15) is 8.24 Å². The van der Waals surface area contributed by atoms with Crippen LogP contribution in [0, 0.1) is 5.92 Å². The van der Waals surface area contributed by atoms with Crippen LogP contribution >= 0.6 is 0 Å². The lowest BCUT2D eigenvalue weighted by atomic mass is 9.99. The normalized spacial score (nSPS) is 19.2. The van der Waals surface area contributed by atoms with Crippen molar-refractivity contribution in [2.45, 2.75) is 73.1 Å². The molecule has 0 saturated carbocycles. The maximum atomic E-state index is 3.89. The van der Waals surface area contributed by atoms with Crippen molar-refractivity contribution in [2.24, 2.45) is 5.92 Å². The molecule has 1 nitrogen and oxygen atoms in total. The highest BCUT2D eigenvalue weighted by Crippen LogP contribution is 2.40. The Labute approximate surface area is 115 Å². The second-order valence-electron chi connectivity index (χ2n) is 7.63. The summed E-state index contributed by atoms with van der Waals surface area (Å²) in [6.07, 6.45) is 0. The predicted molar refractivity (Wildman–Crippen MR) is 85.4 cm³/mol. The Balaban J connectivity index is 2.87. The van der Waals surface area contributed by atoms with Crippen molar-refractivity contribution in [3.63, 3.8) is 0 Å². The van der Waals surface area contributed by atoms with Crippen LogP contribution in [0.1, 0.15) is 48.5 Å². The molecular formula is C16H31NSi. The maximum Gasteiger partial charge on any atom is 0.120 e. The Bertz CT molecular complexity index is 370. The topological polar surface area (TPSA) is 12.0 Å². The third-order valence-electron chi connectivity index (χ3n) is 4.22.